The molecule has 1 unspecified atom stereocenters. The first-order valence-corrected chi connectivity index (χ1v) is 9.95. The van der Waals surface area contributed by atoms with Crippen molar-refractivity contribution >= 4 is 5.91 Å². The van der Waals surface area contributed by atoms with Gasteiger partial charge in [0.15, 0.2) is 5.69 Å². The van der Waals surface area contributed by atoms with Gasteiger partial charge in [-0.25, -0.2) is 0 Å². The Hall–Kier alpha value is -2.22. The van der Waals surface area contributed by atoms with Crippen LogP contribution in [0.25, 0.3) is 11.3 Å². The van der Waals surface area contributed by atoms with Crippen LogP contribution >= 0.6 is 0 Å². The van der Waals surface area contributed by atoms with Gasteiger partial charge < -0.3 is 19.6 Å². The highest BCUT2D eigenvalue weighted by Gasteiger charge is 2.33. The lowest BCUT2D eigenvalue weighted by atomic mass is 9.86. The number of nitrogens with zero attached hydrogens (tertiary/aromatic N) is 4. The summed E-state index contributed by atoms with van der Waals surface area (Å²) in [4.78, 5) is 17.1. The van der Waals surface area contributed by atoms with Crippen molar-refractivity contribution in [3.8, 4) is 11.3 Å². The second-order valence-electron chi connectivity index (χ2n) is 7.77. The number of amides is 1. The molecule has 0 saturated carbocycles. The van der Waals surface area contributed by atoms with Crippen LogP contribution in [-0.2, 0) is 17.7 Å². The van der Waals surface area contributed by atoms with Gasteiger partial charge in [0.25, 0.3) is 5.91 Å². The zero-order valence-electron chi connectivity index (χ0n) is 16.6. The minimum Gasteiger partial charge on any atom is -0.388 e. The summed E-state index contributed by atoms with van der Waals surface area (Å²) in [5, 5.41) is 15.4. The number of carbonyl (C=O) groups is 1. The molecule has 0 radical (unpaired) electrons. The van der Waals surface area contributed by atoms with E-state index < -0.39 is 6.10 Å². The van der Waals surface area contributed by atoms with Crippen LogP contribution in [0.5, 0.6) is 0 Å². The maximum atomic E-state index is 13.2. The summed E-state index contributed by atoms with van der Waals surface area (Å²) in [6.45, 7) is 3.97. The summed E-state index contributed by atoms with van der Waals surface area (Å²) < 4.78 is 7.35. The summed E-state index contributed by atoms with van der Waals surface area (Å²) in [6.07, 6.45) is 0.752. The minimum absolute atomic E-state index is 0.0579. The number of aliphatic hydroxyl groups is 1. The highest BCUT2D eigenvalue weighted by atomic mass is 16.5. The number of carbonyl (C=O) groups excluding carboxylic acids is 1. The van der Waals surface area contributed by atoms with E-state index in [1.54, 1.807) is 0 Å². The maximum Gasteiger partial charge on any atom is 0.274 e. The number of aromatic nitrogens is 2. The van der Waals surface area contributed by atoms with E-state index in [-0.39, 0.29) is 5.91 Å². The molecule has 28 heavy (non-hydrogen) atoms. The molecule has 1 aromatic heterocycles. The topological polar surface area (TPSA) is 70.8 Å². The van der Waals surface area contributed by atoms with Crippen molar-refractivity contribution in [3.63, 3.8) is 0 Å². The monoisotopic (exact) mass is 384 g/mol. The van der Waals surface area contributed by atoms with E-state index in [2.05, 4.69) is 19.0 Å². The quantitative estimate of drug-likeness (QED) is 0.847. The van der Waals surface area contributed by atoms with Crippen molar-refractivity contribution in [2.75, 3.05) is 46.9 Å². The fourth-order valence-corrected chi connectivity index (χ4v) is 4.09. The average molecular weight is 384 g/mol. The highest BCUT2D eigenvalue weighted by Crippen LogP contribution is 2.40. The summed E-state index contributed by atoms with van der Waals surface area (Å²) in [7, 11) is 4.11. The Labute approximate surface area is 165 Å². The van der Waals surface area contributed by atoms with Crippen molar-refractivity contribution in [1.82, 2.24) is 19.6 Å². The van der Waals surface area contributed by atoms with E-state index in [1.165, 1.54) is 0 Å². The Morgan fingerprint density at radius 1 is 1.29 bits per heavy atom. The van der Waals surface area contributed by atoms with Gasteiger partial charge in [-0.2, -0.15) is 5.10 Å². The number of hydrogen-bond donors (Lipinski definition) is 1. The molecule has 1 amide bonds. The minimum atomic E-state index is -0.612. The summed E-state index contributed by atoms with van der Waals surface area (Å²) >= 11 is 0. The maximum absolute atomic E-state index is 13.2. The Morgan fingerprint density at radius 3 is 2.79 bits per heavy atom. The van der Waals surface area contributed by atoms with Crippen molar-refractivity contribution < 1.29 is 14.6 Å². The van der Waals surface area contributed by atoms with Crippen LogP contribution in [-0.4, -0.2) is 77.5 Å². The molecule has 2 heterocycles. The number of hydrogen-bond acceptors (Lipinski definition) is 5. The fraction of sp³-hybridized carbons (Fsp3) is 0.524. The third-order valence-electron chi connectivity index (χ3n) is 5.50. The van der Waals surface area contributed by atoms with Gasteiger partial charge in [0.2, 0.25) is 0 Å². The number of rotatable bonds is 5. The molecular formula is C21H28N4O3. The molecule has 0 bridgehead atoms. The van der Waals surface area contributed by atoms with Crippen LogP contribution in [0.2, 0.25) is 0 Å². The van der Waals surface area contributed by atoms with Gasteiger partial charge in [-0.15, -0.1) is 0 Å². The number of benzene rings is 1. The Kier molecular flexibility index (Phi) is 5.48. The molecule has 0 spiro atoms. The Bertz CT molecular complexity index is 855. The van der Waals surface area contributed by atoms with Crippen LogP contribution in [0.3, 0.4) is 0 Å². The van der Waals surface area contributed by atoms with Gasteiger partial charge in [-0.3, -0.25) is 9.48 Å². The molecule has 1 atom stereocenters. The molecule has 7 nitrogen and oxygen atoms in total. The second-order valence-corrected chi connectivity index (χ2v) is 7.77. The molecule has 1 fully saturated rings. The predicted molar refractivity (Wildman–Crippen MR) is 106 cm³/mol. The lowest BCUT2D eigenvalue weighted by molar-refractivity contribution is 0.0297. The van der Waals surface area contributed by atoms with Gasteiger partial charge in [-0.05, 0) is 32.6 Å². The van der Waals surface area contributed by atoms with E-state index in [0.29, 0.717) is 38.4 Å². The molecule has 150 valence electrons. The van der Waals surface area contributed by atoms with Crippen molar-refractivity contribution in [2.45, 2.75) is 25.5 Å². The van der Waals surface area contributed by atoms with E-state index in [4.69, 9.17) is 9.84 Å². The lowest BCUT2D eigenvalue weighted by Crippen LogP contribution is -2.41. The lowest BCUT2D eigenvalue weighted by Gasteiger charge is -2.27. The SMILES string of the molecule is CN(C)CCCn1nc(C(=O)N2CCOCC2)c2c1-c1ccccc1C(O)C2. The first-order valence-electron chi connectivity index (χ1n) is 9.95. The summed E-state index contributed by atoms with van der Waals surface area (Å²) in [5.74, 6) is -0.0579. The molecule has 7 heteroatoms. The van der Waals surface area contributed by atoms with E-state index >= 15 is 0 Å². The molecule has 4 rings (SSSR count). The summed E-state index contributed by atoms with van der Waals surface area (Å²) in [6, 6.07) is 7.90. The largest absolute Gasteiger partial charge is 0.388 e. The molecule has 2 aromatic rings. The standard InChI is InChI=1S/C21H28N4O3/c1-23(2)8-5-9-25-20-16-7-4-3-6-15(16)18(26)14-17(20)19(22-25)21(27)24-10-12-28-13-11-24/h3-4,6-7,18,26H,5,8-14H2,1-2H3. The third kappa shape index (κ3) is 3.57. The van der Waals surface area contributed by atoms with Gasteiger partial charge in [-0.1, -0.05) is 24.3 Å². The second kappa shape index (κ2) is 8.03. The van der Waals surface area contributed by atoms with Crippen LogP contribution in [0, 0.1) is 0 Å². The van der Waals surface area contributed by atoms with Crippen molar-refractivity contribution in [3.05, 3.63) is 41.1 Å². The number of fused-ring (bicyclic) bond motifs is 3. The zero-order chi connectivity index (χ0) is 19.7. The smallest absolute Gasteiger partial charge is 0.274 e. The molecule has 1 saturated heterocycles. The van der Waals surface area contributed by atoms with E-state index in [9.17, 15) is 9.90 Å². The number of morpholine rings is 1. The van der Waals surface area contributed by atoms with E-state index in [1.807, 2.05) is 33.8 Å². The fourth-order valence-electron chi connectivity index (χ4n) is 4.09. The molecule has 1 N–H and O–H groups in total. The van der Waals surface area contributed by atoms with Crippen LogP contribution in [0.15, 0.2) is 24.3 Å². The normalized spacial score (nSPS) is 18.9. The van der Waals surface area contributed by atoms with Gasteiger partial charge >= 0.3 is 0 Å². The predicted octanol–water partition coefficient (Wildman–Crippen LogP) is 1.56. The van der Waals surface area contributed by atoms with Gasteiger partial charge in [0.1, 0.15) is 0 Å². The van der Waals surface area contributed by atoms with Crippen LogP contribution in [0.4, 0.5) is 0 Å². The van der Waals surface area contributed by atoms with Crippen LogP contribution < -0.4 is 0 Å². The first kappa shape index (κ1) is 19.1. The number of aryl methyl sites for hydroxylation is 1. The van der Waals surface area contributed by atoms with Crippen molar-refractivity contribution in [1.29, 1.82) is 0 Å². The van der Waals surface area contributed by atoms with Gasteiger partial charge in [0.05, 0.1) is 25.0 Å². The van der Waals surface area contributed by atoms with E-state index in [0.717, 1.165) is 41.9 Å². The Balaban J connectivity index is 1.74. The molecule has 1 aliphatic heterocycles. The zero-order valence-corrected chi connectivity index (χ0v) is 16.6. The highest BCUT2D eigenvalue weighted by molar-refractivity contribution is 5.96. The van der Waals surface area contributed by atoms with Crippen molar-refractivity contribution in [2.24, 2.45) is 0 Å². The third-order valence-corrected chi connectivity index (χ3v) is 5.50. The first-order chi connectivity index (χ1) is 13.6. The Morgan fingerprint density at radius 2 is 2.04 bits per heavy atom. The molecule has 2 aliphatic rings. The van der Waals surface area contributed by atoms with Crippen LogP contribution in [0.1, 0.15) is 34.1 Å². The number of ether oxygens (including phenoxy) is 1. The molecule has 1 aromatic carbocycles. The molecule has 1 aliphatic carbocycles. The average Bonchev–Trinajstić information content (AvgIpc) is 3.06. The number of aliphatic hydroxyl groups excluding tert-OH is 1. The molecular weight excluding hydrogens is 356 g/mol. The summed E-state index contributed by atoms with van der Waals surface area (Å²) in [5.41, 5.74) is 4.22. The van der Waals surface area contributed by atoms with Gasteiger partial charge in [0, 0.05) is 37.2 Å².